The average Bonchev–Trinajstić information content (AvgIpc) is 2.86. The van der Waals surface area contributed by atoms with Gasteiger partial charge >= 0.3 is 0 Å². The lowest BCUT2D eigenvalue weighted by atomic mass is 9.47. The number of hydrogen-bond acceptors (Lipinski definition) is 3. The third kappa shape index (κ3) is 2.81. The molecule has 3 nitrogen and oxygen atoms in total. The summed E-state index contributed by atoms with van der Waals surface area (Å²) >= 11 is 0. The summed E-state index contributed by atoms with van der Waals surface area (Å²) in [4.78, 5) is 24.2. The Morgan fingerprint density at radius 3 is 2.48 bits per heavy atom. The maximum atomic E-state index is 12.2. The van der Waals surface area contributed by atoms with E-state index in [0.29, 0.717) is 42.2 Å². The summed E-state index contributed by atoms with van der Waals surface area (Å²) in [6.45, 7) is 10.8. The summed E-state index contributed by atoms with van der Waals surface area (Å²) in [6, 6.07) is 0. The van der Waals surface area contributed by atoms with E-state index in [-0.39, 0.29) is 28.8 Å². The van der Waals surface area contributed by atoms with Crippen molar-refractivity contribution in [1.29, 1.82) is 0 Å². The van der Waals surface area contributed by atoms with Crippen molar-refractivity contribution in [3.05, 3.63) is 0 Å². The molecule has 0 aliphatic heterocycles. The second kappa shape index (κ2) is 6.48. The van der Waals surface area contributed by atoms with Crippen molar-refractivity contribution in [3.8, 4) is 0 Å². The minimum atomic E-state index is -0.355. The van der Waals surface area contributed by atoms with E-state index >= 15 is 0 Å². The fraction of sp³-hybridized carbons (Fsp3) is 0.909. The van der Waals surface area contributed by atoms with Crippen molar-refractivity contribution in [3.63, 3.8) is 0 Å². The number of carbonyl (C=O) groups is 2. The summed E-state index contributed by atoms with van der Waals surface area (Å²) in [5.41, 5.74) is -0.0177. The Bertz CT molecular complexity index is 555. The molecule has 0 amide bonds. The van der Waals surface area contributed by atoms with Crippen LogP contribution in [-0.4, -0.2) is 22.8 Å². The molecule has 8 unspecified atom stereocenters. The summed E-state index contributed by atoms with van der Waals surface area (Å²) in [5, 5.41) is 11.3. The molecule has 0 aromatic heterocycles. The highest BCUT2D eigenvalue weighted by molar-refractivity contribution is 5.80. The largest absolute Gasteiger partial charge is 0.393 e. The van der Waals surface area contributed by atoms with Crippen LogP contribution in [0, 0.1) is 40.4 Å². The van der Waals surface area contributed by atoms with Crippen LogP contribution in [0.3, 0.4) is 0 Å². The minimum absolute atomic E-state index is 0.0314. The van der Waals surface area contributed by atoms with Crippen molar-refractivity contribution >= 4 is 11.6 Å². The van der Waals surface area contributed by atoms with Gasteiger partial charge in [0.1, 0.15) is 11.6 Å². The lowest BCUT2D eigenvalue weighted by Gasteiger charge is -2.58. The van der Waals surface area contributed by atoms with Crippen LogP contribution in [0.5, 0.6) is 0 Å². The molecule has 3 fully saturated rings. The van der Waals surface area contributed by atoms with Gasteiger partial charge in [0.2, 0.25) is 0 Å². The van der Waals surface area contributed by atoms with E-state index in [1.807, 2.05) is 0 Å². The van der Waals surface area contributed by atoms with E-state index in [9.17, 15) is 14.7 Å². The van der Waals surface area contributed by atoms with Crippen molar-refractivity contribution in [2.24, 2.45) is 40.4 Å². The van der Waals surface area contributed by atoms with E-state index in [4.69, 9.17) is 0 Å². The van der Waals surface area contributed by atoms with Crippen LogP contribution in [-0.2, 0) is 9.59 Å². The molecule has 142 valence electrons. The van der Waals surface area contributed by atoms with Gasteiger partial charge in [-0.25, -0.2) is 0 Å². The first-order chi connectivity index (χ1) is 11.6. The zero-order valence-electron chi connectivity index (χ0n) is 16.7. The highest BCUT2D eigenvalue weighted by atomic mass is 16.3. The topological polar surface area (TPSA) is 54.4 Å². The lowest BCUT2D eigenvalue weighted by molar-refractivity contribution is -0.155. The van der Waals surface area contributed by atoms with E-state index in [1.54, 1.807) is 6.92 Å². The first-order valence-electron chi connectivity index (χ1n) is 10.3. The third-order valence-corrected chi connectivity index (χ3v) is 8.78. The fourth-order valence-corrected chi connectivity index (χ4v) is 7.34. The molecule has 1 N–H and O–H groups in total. The second-order valence-corrected chi connectivity index (χ2v) is 9.87. The molecule has 25 heavy (non-hydrogen) atoms. The predicted octanol–water partition coefficient (Wildman–Crippen LogP) is 4.41. The second-order valence-electron chi connectivity index (χ2n) is 9.87. The Morgan fingerprint density at radius 1 is 1.24 bits per heavy atom. The molecular weight excluding hydrogens is 312 g/mol. The van der Waals surface area contributed by atoms with Crippen LogP contribution in [0.15, 0.2) is 0 Å². The first kappa shape index (κ1) is 19.1. The first-order valence-corrected chi connectivity index (χ1v) is 10.3. The Labute approximate surface area is 153 Å². The molecule has 0 radical (unpaired) electrons. The van der Waals surface area contributed by atoms with Crippen molar-refractivity contribution in [2.75, 3.05) is 0 Å². The van der Waals surface area contributed by atoms with Crippen molar-refractivity contribution in [2.45, 2.75) is 85.7 Å². The Hall–Kier alpha value is -0.700. The highest BCUT2D eigenvalue weighted by Gasteiger charge is 2.61. The number of rotatable bonds is 3. The molecule has 0 heterocycles. The number of carbonyl (C=O) groups excluding carboxylic acids is 2. The summed E-state index contributed by atoms with van der Waals surface area (Å²) in [5.74, 6) is 2.36. The highest BCUT2D eigenvalue weighted by Crippen LogP contribution is 2.64. The van der Waals surface area contributed by atoms with E-state index in [0.717, 1.165) is 32.1 Å². The number of Topliss-reactive ketones (excluding diaryl/α,β-unsaturated/α-hetero) is 2. The molecule has 0 aromatic carbocycles. The molecule has 0 spiro atoms. The van der Waals surface area contributed by atoms with E-state index in [1.165, 1.54) is 0 Å². The van der Waals surface area contributed by atoms with Crippen LogP contribution in [0.1, 0.15) is 79.6 Å². The monoisotopic (exact) mass is 348 g/mol. The molecule has 3 saturated carbocycles. The number of hydrogen-bond donors (Lipinski definition) is 1. The van der Waals surface area contributed by atoms with Gasteiger partial charge in [-0.15, -0.1) is 0 Å². The maximum Gasteiger partial charge on any atom is 0.133 e. The number of aliphatic hydroxyl groups excluding tert-OH is 1. The van der Waals surface area contributed by atoms with Gasteiger partial charge in [0, 0.05) is 18.8 Å². The Morgan fingerprint density at radius 2 is 1.92 bits per heavy atom. The van der Waals surface area contributed by atoms with Gasteiger partial charge in [0.15, 0.2) is 0 Å². The van der Waals surface area contributed by atoms with Crippen LogP contribution < -0.4 is 0 Å². The zero-order valence-corrected chi connectivity index (χ0v) is 16.7. The lowest BCUT2D eigenvalue weighted by Crippen LogP contribution is -2.56. The number of fused-ring (bicyclic) bond motifs is 1. The number of ketones is 2. The molecule has 3 heteroatoms. The Kier molecular flexibility index (Phi) is 4.94. The SMILES string of the molecule is CCC1C2CCC(C(C)=O)C2(C)CC(O)C1C1(C)CCC(=O)CC1C. The maximum absolute atomic E-state index is 12.2. The summed E-state index contributed by atoms with van der Waals surface area (Å²) < 4.78 is 0. The van der Waals surface area contributed by atoms with Gasteiger partial charge in [0.25, 0.3) is 0 Å². The van der Waals surface area contributed by atoms with Gasteiger partial charge in [-0.05, 0) is 67.1 Å². The van der Waals surface area contributed by atoms with Crippen LogP contribution in [0.2, 0.25) is 0 Å². The van der Waals surface area contributed by atoms with E-state index in [2.05, 4.69) is 27.7 Å². The number of aliphatic hydroxyl groups is 1. The van der Waals surface area contributed by atoms with Crippen molar-refractivity contribution < 1.29 is 14.7 Å². The van der Waals surface area contributed by atoms with Gasteiger partial charge in [-0.3, -0.25) is 9.59 Å². The zero-order chi connectivity index (χ0) is 18.6. The summed E-state index contributed by atoms with van der Waals surface area (Å²) in [7, 11) is 0. The molecule has 3 rings (SSSR count). The molecule has 0 saturated heterocycles. The van der Waals surface area contributed by atoms with Crippen LogP contribution in [0.25, 0.3) is 0 Å². The van der Waals surface area contributed by atoms with Crippen LogP contribution in [0.4, 0.5) is 0 Å². The predicted molar refractivity (Wildman–Crippen MR) is 99.0 cm³/mol. The molecular formula is C22H36O3. The third-order valence-electron chi connectivity index (χ3n) is 8.78. The van der Waals surface area contributed by atoms with Crippen molar-refractivity contribution in [1.82, 2.24) is 0 Å². The fourth-order valence-electron chi connectivity index (χ4n) is 7.34. The minimum Gasteiger partial charge on any atom is -0.393 e. The molecule has 0 bridgehead atoms. The average molecular weight is 349 g/mol. The van der Waals surface area contributed by atoms with Gasteiger partial charge in [-0.1, -0.05) is 34.1 Å². The van der Waals surface area contributed by atoms with Gasteiger partial charge in [-0.2, -0.15) is 0 Å². The smallest absolute Gasteiger partial charge is 0.133 e. The molecule has 0 aromatic rings. The molecule has 8 atom stereocenters. The van der Waals surface area contributed by atoms with E-state index < -0.39 is 0 Å². The molecule has 3 aliphatic carbocycles. The van der Waals surface area contributed by atoms with Gasteiger partial charge < -0.3 is 5.11 Å². The normalized spacial score (nSPS) is 50.6. The summed E-state index contributed by atoms with van der Waals surface area (Å²) in [6.07, 6.45) is 5.79. The van der Waals surface area contributed by atoms with Crippen LogP contribution >= 0.6 is 0 Å². The quantitative estimate of drug-likeness (QED) is 0.822. The Balaban J connectivity index is 1.95. The standard InChI is InChI=1S/C22H36O3/c1-6-16-18-8-7-17(14(3)23)22(18,5)12-19(25)20(16)21(4)10-9-15(24)11-13(21)2/h13,16-20,25H,6-12H2,1-5H3. The van der Waals surface area contributed by atoms with Gasteiger partial charge in [0.05, 0.1) is 6.10 Å². The molecule has 3 aliphatic rings.